The van der Waals surface area contributed by atoms with Gasteiger partial charge in [0.05, 0.1) is 0 Å². The summed E-state index contributed by atoms with van der Waals surface area (Å²) in [6, 6.07) is 4.60. The summed E-state index contributed by atoms with van der Waals surface area (Å²) in [6.07, 6.45) is 1.62. The van der Waals surface area contributed by atoms with Gasteiger partial charge in [-0.15, -0.1) is 0 Å². The van der Waals surface area contributed by atoms with Crippen molar-refractivity contribution in [2.24, 2.45) is 9.98 Å². The summed E-state index contributed by atoms with van der Waals surface area (Å²) in [4.78, 5) is 26.8. The lowest BCUT2D eigenvalue weighted by atomic mass is 10.1. The molecule has 0 aliphatic rings. The maximum Gasteiger partial charge on any atom is 0.237 e. The van der Waals surface area contributed by atoms with Crippen LogP contribution in [0.4, 0.5) is 11.4 Å². The van der Waals surface area contributed by atoms with Crippen molar-refractivity contribution in [2.45, 2.75) is 6.17 Å². The zero-order valence-corrected chi connectivity index (χ0v) is 7.68. The van der Waals surface area contributed by atoms with Crippen molar-refractivity contribution in [1.82, 2.24) is 0 Å². The quantitative estimate of drug-likeness (QED) is 0.424. The Bertz CT molecular complexity index is 441. The fraction of sp³-hybridized carbons (Fsp3) is 0.111. The second kappa shape index (κ2) is 4.72. The van der Waals surface area contributed by atoms with E-state index in [0.29, 0.717) is 16.9 Å². The summed E-state index contributed by atoms with van der Waals surface area (Å²) >= 11 is 0. The molecule has 0 amide bonds. The highest BCUT2D eigenvalue weighted by atomic mass is 16.1. The molecular formula is C9H8N4O2. The van der Waals surface area contributed by atoms with Crippen LogP contribution in [0, 0.1) is 0 Å². The van der Waals surface area contributed by atoms with Crippen LogP contribution in [0.15, 0.2) is 28.2 Å². The molecule has 0 aliphatic carbocycles. The predicted octanol–water partition coefficient (Wildman–Crippen LogP) is 0.521. The summed E-state index contributed by atoms with van der Waals surface area (Å²) < 4.78 is 0. The van der Waals surface area contributed by atoms with Crippen LogP contribution in [0.5, 0.6) is 0 Å². The van der Waals surface area contributed by atoms with E-state index in [1.807, 2.05) is 0 Å². The van der Waals surface area contributed by atoms with E-state index in [1.165, 1.54) is 24.3 Å². The number of benzene rings is 1. The zero-order chi connectivity index (χ0) is 11.3. The lowest BCUT2D eigenvalue weighted by molar-refractivity contribution is 0.552. The molecule has 0 fully saturated rings. The van der Waals surface area contributed by atoms with Gasteiger partial charge in [-0.2, -0.15) is 9.98 Å². The second-order valence-electron chi connectivity index (χ2n) is 2.70. The van der Waals surface area contributed by atoms with Crippen LogP contribution in [0.3, 0.4) is 0 Å². The predicted molar refractivity (Wildman–Crippen MR) is 54.3 cm³/mol. The first kappa shape index (κ1) is 10.7. The number of hydrogen-bond acceptors (Lipinski definition) is 6. The molecule has 0 aliphatic heterocycles. The minimum Gasteiger partial charge on any atom is -0.399 e. The monoisotopic (exact) mass is 204 g/mol. The van der Waals surface area contributed by atoms with Gasteiger partial charge in [-0.1, -0.05) is 6.07 Å². The number of isocyanates is 2. The van der Waals surface area contributed by atoms with Gasteiger partial charge in [0, 0.05) is 16.9 Å². The standard InChI is InChI=1S/C9H8N4O2/c10-6-1-2-7(8(11)3-6)9(12-4-14)13-5-15/h1-3,9H,10-11H2. The second-order valence-corrected chi connectivity index (χ2v) is 2.70. The molecule has 0 aromatic heterocycles. The lowest BCUT2D eigenvalue weighted by Gasteiger charge is -2.07. The van der Waals surface area contributed by atoms with Crippen molar-refractivity contribution in [3.8, 4) is 0 Å². The third kappa shape index (κ3) is 2.51. The van der Waals surface area contributed by atoms with Gasteiger partial charge in [-0.05, 0) is 12.1 Å². The number of anilines is 2. The Kier molecular flexibility index (Phi) is 3.35. The summed E-state index contributed by atoms with van der Waals surface area (Å²) in [5.74, 6) is 0. The van der Waals surface area contributed by atoms with Crippen molar-refractivity contribution in [1.29, 1.82) is 0 Å². The van der Waals surface area contributed by atoms with E-state index in [1.54, 1.807) is 6.07 Å². The largest absolute Gasteiger partial charge is 0.399 e. The molecular weight excluding hydrogens is 196 g/mol. The molecule has 0 bridgehead atoms. The van der Waals surface area contributed by atoms with Gasteiger partial charge in [0.15, 0.2) is 6.17 Å². The molecule has 6 nitrogen and oxygen atoms in total. The van der Waals surface area contributed by atoms with Crippen LogP contribution in [-0.2, 0) is 9.59 Å². The first-order chi connectivity index (χ1) is 7.19. The topological polar surface area (TPSA) is 111 Å². The molecule has 0 heterocycles. The van der Waals surface area contributed by atoms with Crippen molar-refractivity contribution in [2.75, 3.05) is 11.5 Å². The van der Waals surface area contributed by atoms with E-state index in [9.17, 15) is 9.59 Å². The molecule has 0 saturated heterocycles. The number of nitrogens with zero attached hydrogens (tertiary/aromatic N) is 2. The Labute approximate surface area is 85.3 Å². The number of aliphatic imine (C=N–C) groups is 2. The van der Waals surface area contributed by atoms with E-state index < -0.39 is 6.17 Å². The summed E-state index contributed by atoms with van der Waals surface area (Å²) in [7, 11) is 0. The minimum atomic E-state index is -0.999. The summed E-state index contributed by atoms with van der Waals surface area (Å²) in [6.45, 7) is 0. The molecule has 76 valence electrons. The number of carbonyl (C=O) groups excluding carboxylic acids is 2. The maximum atomic E-state index is 10.1. The van der Waals surface area contributed by atoms with Gasteiger partial charge in [0.2, 0.25) is 12.2 Å². The van der Waals surface area contributed by atoms with Gasteiger partial charge >= 0.3 is 0 Å². The van der Waals surface area contributed by atoms with Crippen molar-refractivity contribution in [3.63, 3.8) is 0 Å². The fourth-order valence-corrected chi connectivity index (χ4v) is 1.10. The normalized spacial score (nSPS) is 10.9. The van der Waals surface area contributed by atoms with Crippen LogP contribution in [0.25, 0.3) is 0 Å². The van der Waals surface area contributed by atoms with Crippen molar-refractivity contribution in [3.05, 3.63) is 23.8 Å². The highest BCUT2D eigenvalue weighted by Gasteiger charge is 2.11. The Balaban J connectivity index is 3.22. The molecule has 0 saturated carbocycles. The first-order valence-corrected chi connectivity index (χ1v) is 3.98. The molecule has 0 atom stereocenters. The Morgan fingerprint density at radius 3 is 2.20 bits per heavy atom. The molecule has 1 aromatic rings. The van der Waals surface area contributed by atoms with E-state index in [-0.39, 0.29) is 0 Å². The average Bonchev–Trinajstić information content (AvgIpc) is 2.17. The van der Waals surface area contributed by atoms with E-state index in [4.69, 9.17) is 11.5 Å². The minimum absolute atomic E-state index is 0.304. The third-order valence-corrected chi connectivity index (χ3v) is 1.74. The van der Waals surface area contributed by atoms with Crippen molar-refractivity contribution < 1.29 is 9.59 Å². The summed E-state index contributed by atoms with van der Waals surface area (Å²) in [5, 5.41) is 0. The first-order valence-electron chi connectivity index (χ1n) is 3.98. The molecule has 4 N–H and O–H groups in total. The zero-order valence-electron chi connectivity index (χ0n) is 7.68. The molecule has 1 aromatic carbocycles. The molecule has 15 heavy (non-hydrogen) atoms. The van der Waals surface area contributed by atoms with E-state index >= 15 is 0 Å². The van der Waals surface area contributed by atoms with Gasteiger partial charge in [0.25, 0.3) is 0 Å². The number of rotatable bonds is 3. The number of nitrogen functional groups attached to an aromatic ring is 2. The molecule has 0 unspecified atom stereocenters. The van der Waals surface area contributed by atoms with Gasteiger partial charge in [0.1, 0.15) is 0 Å². The highest BCUT2D eigenvalue weighted by Crippen LogP contribution is 2.25. The smallest absolute Gasteiger partial charge is 0.237 e. The van der Waals surface area contributed by atoms with Gasteiger partial charge < -0.3 is 11.5 Å². The molecule has 0 spiro atoms. The number of nitrogens with two attached hydrogens (primary N) is 2. The van der Waals surface area contributed by atoms with Crippen LogP contribution < -0.4 is 11.5 Å². The number of hydrogen-bond donors (Lipinski definition) is 2. The molecule has 0 radical (unpaired) electrons. The van der Waals surface area contributed by atoms with Crippen LogP contribution in [0.2, 0.25) is 0 Å². The maximum absolute atomic E-state index is 10.1. The summed E-state index contributed by atoms with van der Waals surface area (Å²) in [5.41, 5.74) is 12.3. The van der Waals surface area contributed by atoms with Gasteiger partial charge in [-0.3, -0.25) is 0 Å². The van der Waals surface area contributed by atoms with Gasteiger partial charge in [-0.25, -0.2) is 9.59 Å². The third-order valence-electron chi connectivity index (χ3n) is 1.74. The molecule has 6 heteroatoms. The Morgan fingerprint density at radius 2 is 1.73 bits per heavy atom. The Morgan fingerprint density at radius 1 is 1.13 bits per heavy atom. The van der Waals surface area contributed by atoms with Crippen molar-refractivity contribution >= 4 is 23.5 Å². The van der Waals surface area contributed by atoms with Crippen LogP contribution >= 0.6 is 0 Å². The molecule has 1 rings (SSSR count). The highest BCUT2D eigenvalue weighted by molar-refractivity contribution is 5.58. The van der Waals surface area contributed by atoms with Crippen LogP contribution in [-0.4, -0.2) is 12.2 Å². The van der Waals surface area contributed by atoms with E-state index in [0.717, 1.165) is 0 Å². The Hall–Kier alpha value is -2.42. The SMILES string of the molecule is Nc1ccc(C(N=C=O)N=C=O)c(N)c1. The van der Waals surface area contributed by atoms with Crippen LogP contribution in [0.1, 0.15) is 11.7 Å². The average molecular weight is 204 g/mol. The lowest BCUT2D eigenvalue weighted by Crippen LogP contribution is -1.99. The fourth-order valence-electron chi connectivity index (χ4n) is 1.10. The van der Waals surface area contributed by atoms with E-state index in [2.05, 4.69) is 9.98 Å².